The first kappa shape index (κ1) is 27.6. The summed E-state index contributed by atoms with van der Waals surface area (Å²) >= 11 is 13.0. The predicted molar refractivity (Wildman–Crippen MR) is 149 cm³/mol. The summed E-state index contributed by atoms with van der Waals surface area (Å²) in [6, 6.07) is 6.68. The number of carbonyl (C=O) groups is 2. The molecule has 1 N–H and O–H groups in total. The second kappa shape index (κ2) is 10.5. The maximum atomic E-state index is 14.4. The van der Waals surface area contributed by atoms with E-state index in [0.29, 0.717) is 39.7 Å². The van der Waals surface area contributed by atoms with Gasteiger partial charge < -0.3 is 24.2 Å². The van der Waals surface area contributed by atoms with Crippen LogP contribution in [-0.4, -0.2) is 47.4 Å². The fourth-order valence-electron chi connectivity index (χ4n) is 6.91. The topological polar surface area (TPSA) is 93.9 Å². The van der Waals surface area contributed by atoms with Crippen molar-refractivity contribution in [1.82, 2.24) is 10.1 Å². The van der Waals surface area contributed by atoms with E-state index >= 15 is 0 Å². The number of hydrogen-bond donors (Lipinski definition) is 1. The molecule has 3 aromatic rings. The number of rotatable bonds is 7. The molecule has 2 aliphatic carbocycles. The van der Waals surface area contributed by atoms with Gasteiger partial charge in [0.25, 0.3) is 0 Å². The highest BCUT2D eigenvalue weighted by molar-refractivity contribution is 6.39. The second-order valence-electron chi connectivity index (χ2n) is 11.4. The lowest BCUT2D eigenvalue weighted by molar-refractivity contribution is 0.0590. The van der Waals surface area contributed by atoms with Gasteiger partial charge in [-0.05, 0) is 62.3 Å². The normalized spacial score (nSPS) is 25.7. The standard InChI is InChI=1S/C30H27Cl2F2N3O5/c1-40-29(38)25-20(33)9-14(10-21(25)34)35-30(39)37-15-7-8-22(37)23-16(11-15)28(23)41-12-17-26(36-42-27(17)13-5-6-13)24-18(31)3-2-4-19(24)32/h2-4,9-10,13,15-16,22-23,28H,5-8,11-12H2,1H3,(H,35,39)/t15?,16?,22?,23?,28-/m0/s1. The van der Waals surface area contributed by atoms with E-state index in [9.17, 15) is 18.4 Å². The average Bonchev–Trinajstić information content (AvgIpc) is 3.84. The number of piperidine rings is 1. The molecule has 220 valence electrons. The summed E-state index contributed by atoms with van der Waals surface area (Å²) in [6.45, 7) is 0.290. The van der Waals surface area contributed by atoms with Crippen LogP contribution < -0.4 is 5.32 Å². The number of ether oxygens (including phenoxy) is 2. The number of halogens is 4. The van der Waals surface area contributed by atoms with Gasteiger partial charge in [0.15, 0.2) is 0 Å². The van der Waals surface area contributed by atoms with Crippen molar-refractivity contribution in [2.45, 2.75) is 62.8 Å². The molecule has 4 unspecified atom stereocenters. The Morgan fingerprint density at radius 2 is 1.83 bits per heavy atom. The maximum Gasteiger partial charge on any atom is 0.343 e. The minimum absolute atomic E-state index is 0.00370. The van der Waals surface area contributed by atoms with Crippen LogP contribution in [0.3, 0.4) is 0 Å². The van der Waals surface area contributed by atoms with Crippen molar-refractivity contribution in [3.8, 4) is 11.3 Å². The Morgan fingerprint density at radius 3 is 2.50 bits per heavy atom. The molecule has 0 spiro atoms. The Kier molecular flexibility index (Phi) is 6.90. The minimum atomic E-state index is -1.12. The molecule has 1 aromatic heterocycles. The number of hydrogen-bond acceptors (Lipinski definition) is 6. The summed E-state index contributed by atoms with van der Waals surface area (Å²) < 4.78 is 45.6. The Balaban J connectivity index is 1.06. The van der Waals surface area contributed by atoms with Crippen LogP contribution in [0.1, 0.15) is 59.7 Å². The van der Waals surface area contributed by atoms with Crippen LogP contribution in [0.15, 0.2) is 34.9 Å². The lowest BCUT2D eigenvalue weighted by Gasteiger charge is -2.34. The van der Waals surface area contributed by atoms with Crippen LogP contribution in [0.4, 0.5) is 19.3 Å². The van der Waals surface area contributed by atoms with E-state index in [1.165, 1.54) is 0 Å². The molecule has 42 heavy (non-hydrogen) atoms. The highest BCUT2D eigenvalue weighted by Crippen LogP contribution is 2.58. The minimum Gasteiger partial charge on any atom is -0.465 e. The van der Waals surface area contributed by atoms with Gasteiger partial charge in [0.05, 0.1) is 29.9 Å². The molecule has 4 fully saturated rings. The summed E-state index contributed by atoms with van der Waals surface area (Å²) in [7, 11) is 1.04. The van der Waals surface area contributed by atoms with E-state index < -0.39 is 29.2 Å². The number of anilines is 1. The number of urea groups is 1. The van der Waals surface area contributed by atoms with Crippen LogP contribution >= 0.6 is 23.2 Å². The van der Waals surface area contributed by atoms with Gasteiger partial charge in [-0.3, -0.25) is 0 Å². The van der Waals surface area contributed by atoms with Crippen molar-refractivity contribution < 1.29 is 32.4 Å². The number of amides is 2. The third-order valence-corrected chi connectivity index (χ3v) is 9.62. The summed E-state index contributed by atoms with van der Waals surface area (Å²) in [5.41, 5.74) is 1.20. The van der Waals surface area contributed by atoms with Gasteiger partial charge in [0.1, 0.15) is 28.7 Å². The van der Waals surface area contributed by atoms with E-state index in [1.807, 2.05) is 0 Å². The monoisotopic (exact) mass is 617 g/mol. The van der Waals surface area contributed by atoms with Gasteiger partial charge in [-0.15, -0.1) is 0 Å². The summed E-state index contributed by atoms with van der Waals surface area (Å²) in [5.74, 6) is -1.75. The molecule has 2 bridgehead atoms. The van der Waals surface area contributed by atoms with Crippen LogP contribution in [0.5, 0.6) is 0 Å². The van der Waals surface area contributed by atoms with E-state index in [1.54, 1.807) is 23.1 Å². The summed E-state index contributed by atoms with van der Waals surface area (Å²) in [6.07, 6.45) is 4.48. The first-order valence-corrected chi connectivity index (χ1v) is 14.7. The zero-order valence-electron chi connectivity index (χ0n) is 22.5. The number of nitrogens with zero attached hydrogens (tertiary/aromatic N) is 2. The van der Waals surface area contributed by atoms with Gasteiger partial charge in [-0.25, -0.2) is 18.4 Å². The summed E-state index contributed by atoms with van der Waals surface area (Å²) in [5, 5.41) is 7.93. The molecule has 2 saturated carbocycles. The number of aromatic nitrogens is 1. The van der Waals surface area contributed by atoms with E-state index in [0.717, 1.165) is 62.7 Å². The molecule has 4 aliphatic rings. The van der Waals surface area contributed by atoms with Crippen LogP contribution in [-0.2, 0) is 16.1 Å². The van der Waals surface area contributed by atoms with Gasteiger partial charge in [-0.2, -0.15) is 0 Å². The van der Waals surface area contributed by atoms with Gasteiger partial charge >= 0.3 is 12.0 Å². The first-order valence-electron chi connectivity index (χ1n) is 14.0. The maximum absolute atomic E-state index is 14.4. The third-order valence-electron chi connectivity index (χ3n) is 8.99. The van der Waals surface area contributed by atoms with E-state index in [4.69, 9.17) is 32.5 Å². The van der Waals surface area contributed by atoms with Crippen molar-refractivity contribution in [2.75, 3.05) is 12.4 Å². The number of nitrogens with one attached hydrogen (secondary N) is 1. The van der Waals surface area contributed by atoms with Crippen molar-refractivity contribution >= 4 is 40.9 Å². The molecule has 3 heterocycles. The third kappa shape index (κ3) is 4.64. The number of carbonyl (C=O) groups excluding carboxylic acids is 2. The molecular weight excluding hydrogens is 591 g/mol. The van der Waals surface area contributed by atoms with Crippen molar-refractivity contribution in [1.29, 1.82) is 0 Å². The van der Waals surface area contributed by atoms with Crippen LogP contribution in [0, 0.1) is 23.5 Å². The molecule has 0 radical (unpaired) electrons. The van der Waals surface area contributed by atoms with Gasteiger partial charge in [0.2, 0.25) is 0 Å². The largest absolute Gasteiger partial charge is 0.465 e. The lowest BCUT2D eigenvalue weighted by atomic mass is 10.0. The Bertz CT molecular complexity index is 1550. The predicted octanol–water partition coefficient (Wildman–Crippen LogP) is 7.19. The number of benzene rings is 2. The van der Waals surface area contributed by atoms with E-state index in [-0.39, 0.29) is 29.8 Å². The molecule has 2 aromatic carbocycles. The highest BCUT2D eigenvalue weighted by atomic mass is 35.5. The van der Waals surface area contributed by atoms with Crippen LogP contribution in [0.2, 0.25) is 10.0 Å². The van der Waals surface area contributed by atoms with Gasteiger partial charge in [-0.1, -0.05) is 34.4 Å². The highest BCUT2D eigenvalue weighted by Gasteiger charge is 2.64. The Hall–Kier alpha value is -3.21. The number of esters is 1. The molecular formula is C30H27Cl2F2N3O5. The number of fused-ring (bicyclic) bond motifs is 4. The van der Waals surface area contributed by atoms with Crippen LogP contribution in [0.25, 0.3) is 11.3 Å². The molecule has 12 heteroatoms. The molecule has 2 saturated heterocycles. The number of methoxy groups -OCH3 is 1. The quantitative estimate of drug-likeness (QED) is 0.282. The first-order chi connectivity index (χ1) is 20.3. The van der Waals surface area contributed by atoms with Crippen molar-refractivity contribution in [3.05, 3.63) is 68.9 Å². The molecule has 7 rings (SSSR count). The fourth-order valence-corrected chi connectivity index (χ4v) is 7.48. The van der Waals surface area contributed by atoms with E-state index in [2.05, 4.69) is 15.2 Å². The van der Waals surface area contributed by atoms with Crippen molar-refractivity contribution in [2.24, 2.45) is 11.8 Å². The van der Waals surface area contributed by atoms with Gasteiger partial charge in [0, 0.05) is 40.7 Å². The smallest absolute Gasteiger partial charge is 0.343 e. The molecule has 8 nitrogen and oxygen atoms in total. The SMILES string of the molecule is COC(=O)c1c(F)cc(NC(=O)N2C3CCC2C2C(C3)[C@@H]2OCc2c(-c3c(Cl)cccc3Cl)noc2C2CC2)cc1F. The molecule has 5 atom stereocenters. The molecule has 2 amide bonds. The summed E-state index contributed by atoms with van der Waals surface area (Å²) in [4.78, 5) is 26.8. The zero-order chi connectivity index (χ0) is 29.3. The average molecular weight is 618 g/mol. The van der Waals surface area contributed by atoms with Crippen molar-refractivity contribution in [3.63, 3.8) is 0 Å². The Labute approximate surface area is 250 Å². The fraction of sp³-hybridized carbons (Fsp3) is 0.433. The molecule has 2 aliphatic heterocycles. The Morgan fingerprint density at radius 1 is 1.12 bits per heavy atom. The lowest BCUT2D eigenvalue weighted by Crippen LogP contribution is -2.47. The second-order valence-corrected chi connectivity index (χ2v) is 12.3. The zero-order valence-corrected chi connectivity index (χ0v) is 24.1.